The van der Waals surface area contributed by atoms with Gasteiger partial charge in [0.05, 0.1) is 32.6 Å². The van der Waals surface area contributed by atoms with Gasteiger partial charge in [-0.15, -0.1) is 0 Å². The Bertz CT molecular complexity index is 1060. The van der Waals surface area contributed by atoms with Crippen LogP contribution in [0.3, 0.4) is 0 Å². The lowest BCUT2D eigenvalue weighted by molar-refractivity contribution is -0.136. The van der Waals surface area contributed by atoms with E-state index in [4.69, 9.17) is 18.9 Å². The van der Waals surface area contributed by atoms with E-state index in [1.54, 1.807) is 17.0 Å². The van der Waals surface area contributed by atoms with Crippen LogP contribution in [0.15, 0.2) is 47.7 Å². The molecule has 0 saturated carbocycles. The normalized spacial score (nSPS) is 18.1. The van der Waals surface area contributed by atoms with E-state index in [2.05, 4.69) is 6.92 Å². The molecular formula is C24H25NO6. The lowest BCUT2D eigenvalue weighted by Gasteiger charge is -2.32. The van der Waals surface area contributed by atoms with Crippen molar-refractivity contribution in [3.63, 3.8) is 0 Å². The van der Waals surface area contributed by atoms with Crippen LogP contribution < -0.4 is 19.1 Å². The molecule has 0 bridgehead atoms. The molecule has 2 heterocycles. The number of benzene rings is 2. The van der Waals surface area contributed by atoms with Crippen LogP contribution in [0.25, 0.3) is 0 Å². The number of hydrogen-bond donors (Lipinski definition) is 0. The van der Waals surface area contributed by atoms with Crippen LogP contribution in [0.1, 0.15) is 30.4 Å². The molecule has 0 spiro atoms. The van der Waals surface area contributed by atoms with Gasteiger partial charge in [-0.25, -0.2) is 4.79 Å². The van der Waals surface area contributed by atoms with Gasteiger partial charge in [-0.05, 0) is 30.2 Å². The van der Waals surface area contributed by atoms with Gasteiger partial charge < -0.3 is 18.9 Å². The van der Waals surface area contributed by atoms with Crippen LogP contribution in [0.4, 0.5) is 5.69 Å². The number of ether oxygens (including phenoxy) is 4. The van der Waals surface area contributed by atoms with Crippen LogP contribution in [-0.4, -0.2) is 39.8 Å². The van der Waals surface area contributed by atoms with Gasteiger partial charge in [0.25, 0.3) is 0 Å². The third kappa shape index (κ3) is 3.40. The minimum atomic E-state index is -0.501. The Labute approximate surface area is 181 Å². The summed E-state index contributed by atoms with van der Waals surface area (Å²) in [5.41, 5.74) is 3.64. The second-order valence-electron chi connectivity index (χ2n) is 7.37. The number of amides is 1. The van der Waals surface area contributed by atoms with Gasteiger partial charge >= 0.3 is 5.97 Å². The van der Waals surface area contributed by atoms with Gasteiger partial charge in [-0.1, -0.05) is 25.1 Å². The fourth-order valence-electron chi connectivity index (χ4n) is 4.30. The highest BCUT2D eigenvalue weighted by molar-refractivity contribution is 6.06. The fourth-order valence-corrected chi connectivity index (χ4v) is 4.30. The Morgan fingerprint density at radius 2 is 1.68 bits per heavy atom. The Morgan fingerprint density at radius 1 is 0.968 bits per heavy atom. The maximum Gasteiger partial charge on any atom is 0.336 e. The molecule has 7 heteroatoms. The summed E-state index contributed by atoms with van der Waals surface area (Å²) >= 11 is 0. The van der Waals surface area contributed by atoms with Crippen molar-refractivity contribution >= 4 is 17.6 Å². The quantitative estimate of drug-likeness (QED) is 0.661. The molecule has 1 amide bonds. The second kappa shape index (κ2) is 8.34. The molecule has 0 aromatic heterocycles. The molecule has 0 aliphatic carbocycles. The number of esters is 1. The third-order valence-electron chi connectivity index (χ3n) is 5.83. The summed E-state index contributed by atoms with van der Waals surface area (Å²) in [5, 5.41) is 0. The molecule has 0 saturated heterocycles. The van der Waals surface area contributed by atoms with Crippen molar-refractivity contribution < 1.29 is 28.5 Å². The Kier molecular flexibility index (Phi) is 5.59. The molecule has 31 heavy (non-hydrogen) atoms. The maximum absolute atomic E-state index is 13.3. The molecule has 4 rings (SSSR count). The summed E-state index contributed by atoms with van der Waals surface area (Å²) < 4.78 is 21.8. The molecule has 0 radical (unpaired) electrons. The van der Waals surface area contributed by atoms with Crippen LogP contribution in [0, 0.1) is 0 Å². The molecular weight excluding hydrogens is 398 g/mol. The van der Waals surface area contributed by atoms with Gasteiger partial charge in [-0.3, -0.25) is 9.69 Å². The van der Waals surface area contributed by atoms with Crippen molar-refractivity contribution in [3.05, 3.63) is 58.8 Å². The van der Waals surface area contributed by atoms with Crippen molar-refractivity contribution in [2.24, 2.45) is 0 Å². The minimum Gasteiger partial charge on any atom is -0.493 e. The zero-order chi connectivity index (χ0) is 22.1. The van der Waals surface area contributed by atoms with Crippen molar-refractivity contribution in [1.82, 2.24) is 0 Å². The van der Waals surface area contributed by atoms with Crippen LogP contribution >= 0.6 is 0 Å². The van der Waals surface area contributed by atoms with Crippen molar-refractivity contribution in [1.29, 1.82) is 0 Å². The van der Waals surface area contributed by atoms with E-state index >= 15 is 0 Å². The van der Waals surface area contributed by atoms with Crippen molar-refractivity contribution in [3.8, 4) is 17.2 Å². The lowest BCUT2D eigenvalue weighted by atomic mass is 9.83. The molecule has 2 aromatic rings. The third-order valence-corrected chi connectivity index (χ3v) is 5.83. The highest BCUT2D eigenvalue weighted by Gasteiger charge is 2.44. The first-order valence-corrected chi connectivity index (χ1v) is 10.1. The Morgan fingerprint density at radius 3 is 2.29 bits per heavy atom. The van der Waals surface area contributed by atoms with E-state index in [1.165, 1.54) is 26.9 Å². The average molecular weight is 423 g/mol. The number of nitrogens with zero attached hydrogens (tertiary/aromatic N) is 1. The van der Waals surface area contributed by atoms with Crippen LogP contribution in [-0.2, 0) is 20.7 Å². The Balaban J connectivity index is 1.84. The van der Waals surface area contributed by atoms with Gasteiger partial charge in [0, 0.05) is 23.6 Å². The standard InChI is InChI=1S/C24H25NO6/c1-5-14-6-8-15(9-7-14)25-18-13-31-24(27)21(18)17(12-20(25)26)16-10-11-19(28-2)23(30-4)22(16)29-3/h6-11,17H,5,12-13H2,1-4H3/t17-/m0/s1. The van der Waals surface area contributed by atoms with E-state index in [-0.39, 0.29) is 18.9 Å². The summed E-state index contributed by atoms with van der Waals surface area (Å²) in [5.74, 6) is 0.333. The van der Waals surface area contributed by atoms with Gasteiger partial charge in [-0.2, -0.15) is 0 Å². The number of methoxy groups -OCH3 is 3. The lowest BCUT2D eigenvalue weighted by Crippen LogP contribution is -2.37. The second-order valence-corrected chi connectivity index (χ2v) is 7.37. The first-order valence-electron chi connectivity index (χ1n) is 10.1. The summed E-state index contributed by atoms with van der Waals surface area (Å²) in [4.78, 5) is 27.6. The van der Waals surface area contributed by atoms with Crippen LogP contribution in [0.2, 0.25) is 0 Å². The van der Waals surface area contributed by atoms with Gasteiger partial charge in [0.1, 0.15) is 6.61 Å². The monoisotopic (exact) mass is 423 g/mol. The smallest absolute Gasteiger partial charge is 0.336 e. The van der Waals surface area contributed by atoms with E-state index < -0.39 is 11.9 Å². The van der Waals surface area contributed by atoms with Crippen molar-refractivity contribution in [2.75, 3.05) is 32.8 Å². The largest absolute Gasteiger partial charge is 0.493 e. The fraction of sp³-hybridized carbons (Fsp3) is 0.333. The highest BCUT2D eigenvalue weighted by atomic mass is 16.5. The average Bonchev–Trinajstić information content (AvgIpc) is 3.18. The van der Waals surface area contributed by atoms with Crippen molar-refractivity contribution in [2.45, 2.75) is 25.7 Å². The number of aryl methyl sites for hydroxylation is 1. The SMILES string of the molecule is CCc1ccc(N2C(=O)C[C@@H](c3ccc(OC)c(OC)c3OC)C3=C2COC3=O)cc1. The number of cyclic esters (lactones) is 1. The summed E-state index contributed by atoms with van der Waals surface area (Å²) in [6, 6.07) is 11.3. The Hall–Kier alpha value is -3.48. The molecule has 1 atom stereocenters. The zero-order valence-electron chi connectivity index (χ0n) is 18.1. The zero-order valence-corrected chi connectivity index (χ0v) is 18.1. The van der Waals surface area contributed by atoms with E-state index in [0.717, 1.165) is 12.1 Å². The number of hydrogen-bond acceptors (Lipinski definition) is 6. The molecule has 7 nitrogen and oxygen atoms in total. The molecule has 0 N–H and O–H groups in total. The topological polar surface area (TPSA) is 74.3 Å². The summed E-state index contributed by atoms with van der Waals surface area (Å²) in [6.45, 7) is 2.13. The molecule has 2 aliphatic rings. The molecule has 2 aromatic carbocycles. The van der Waals surface area contributed by atoms with E-state index in [1.807, 2.05) is 24.3 Å². The summed E-state index contributed by atoms with van der Waals surface area (Å²) in [7, 11) is 4.58. The maximum atomic E-state index is 13.3. The molecule has 2 aliphatic heterocycles. The summed E-state index contributed by atoms with van der Waals surface area (Å²) in [6.07, 6.45) is 1.01. The van der Waals surface area contributed by atoms with E-state index in [9.17, 15) is 9.59 Å². The minimum absolute atomic E-state index is 0.0571. The molecule has 162 valence electrons. The number of carbonyl (C=O) groups excluding carboxylic acids is 2. The van der Waals surface area contributed by atoms with Gasteiger partial charge in [0.15, 0.2) is 11.5 Å². The highest BCUT2D eigenvalue weighted by Crippen LogP contribution is 2.49. The van der Waals surface area contributed by atoms with Crippen LogP contribution in [0.5, 0.6) is 17.2 Å². The first kappa shape index (κ1) is 20.8. The van der Waals surface area contributed by atoms with Gasteiger partial charge in [0.2, 0.25) is 11.7 Å². The number of anilines is 1. The first-order chi connectivity index (χ1) is 15.0. The molecule has 0 fully saturated rings. The number of carbonyl (C=O) groups is 2. The van der Waals surface area contributed by atoms with E-state index in [0.29, 0.717) is 34.1 Å². The predicted octanol–water partition coefficient (Wildman–Crippen LogP) is 3.61. The number of rotatable bonds is 6. The predicted molar refractivity (Wildman–Crippen MR) is 115 cm³/mol. The molecule has 0 unspecified atom stereocenters.